The molecule has 4 N–H and O–H groups in total. The van der Waals surface area contributed by atoms with Gasteiger partial charge in [0.25, 0.3) is 10.0 Å². The quantitative estimate of drug-likeness (QED) is 0.801. The molecule has 9 heteroatoms. The van der Waals surface area contributed by atoms with Crippen molar-refractivity contribution in [3.05, 3.63) is 40.1 Å². The monoisotopic (exact) mass is 320 g/mol. The number of nitrogens with one attached hydrogen (secondary N) is 2. The van der Waals surface area contributed by atoms with E-state index in [1.807, 2.05) is 0 Å². The smallest absolute Gasteiger partial charge is 0.263 e. The van der Waals surface area contributed by atoms with Crippen LogP contribution < -0.4 is 10.5 Å². The maximum Gasteiger partial charge on any atom is 0.263 e. The van der Waals surface area contributed by atoms with Gasteiger partial charge in [0.05, 0.1) is 16.9 Å². The molecule has 0 amide bonds. The highest BCUT2D eigenvalue weighted by Crippen LogP contribution is 2.30. The number of hydrogen-bond donors (Lipinski definition) is 3. The van der Waals surface area contributed by atoms with Gasteiger partial charge < -0.3 is 5.73 Å². The second kappa shape index (κ2) is 5.38. The van der Waals surface area contributed by atoms with Crippen molar-refractivity contribution >= 4 is 38.9 Å². The van der Waals surface area contributed by atoms with E-state index in [0.717, 1.165) is 0 Å². The van der Waals surface area contributed by atoms with Crippen molar-refractivity contribution < 1.29 is 8.42 Å². The lowest BCUT2D eigenvalue weighted by Gasteiger charge is -2.11. The molecule has 0 aliphatic heterocycles. The zero-order valence-electron chi connectivity index (χ0n) is 9.52. The Bertz CT molecular complexity index is 686. The molecule has 0 unspecified atom stereocenters. The summed E-state index contributed by atoms with van der Waals surface area (Å²) in [6.45, 7) is 0.0909. The molecular weight excluding hydrogens is 311 g/mol. The summed E-state index contributed by atoms with van der Waals surface area (Å²) in [5, 5.41) is 6.44. The third kappa shape index (κ3) is 3.01. The van der Waals surface area contributed by atoms with Gasteiger partial charge in [0.1, 0.15) is 4.90 Å². The predicted octanol–water partition coefficient (Wildman–Crippen LogP) is 1.98. The molecule has 6 nitrogen and oxygen atoms in total. The first-order valence-corrected chi connectivity index (χ1v) is 7.37. The first-order chi connectivity index (χ1) is 8.94. The van der Waals surface area contributed by atoms with E-state index in [1.165, 1.54) is 24.5 Å². The van der Waals surface area contributed by atoms with Gasteiger partial charge in [-0.05, 0) is 17.7 Å². The van der Waals surface area contributed by atoms with Crippen LogP contribution in [-0.4, -0.2) is 18.6 Å². The van der Waals surface area contributed by atoms with Crippen molar-refractivity contribution in [2.24, 2.45) is 5.73 Å². The Morgan fingerprint density at radius 3 is 2.68 bits per heavy atom. The summed E-state index contributed by atoms with van der Waals surface area (Å²) in [6, 6.07) is 2.80. The molecule has 0 aliphatic rings. The summed E-state index contributed by atoms with van der Waals surface area (Å²) in [4.78, 5) is -0.122. The number of nitrogens with two attached hydrogens (primary N) is 1. The van der Waals surface area contributed by atoms with Crippen molar-refractivity contribution in [3.8, 4) is 0 Å². The van der Waals surface area contributed by atoms with Crippen LogP contribution in [0, 0.1) is 0 Å². The third-order valence-corrected chi connectivity index (χ3v) is 4.52. The number of aromatic amines is 1. The van der Waals surface area contributed by atoms with Gasteiger partial charge in [0.2, 0.25) is 0 Å². The van der Waals surface area contributed by atoms with Gasteiger partial charge in [-0.2, -0.15) is 5.10 Å². The number of rotatable bonds is 4. The normalized spacial score (nSPS) is 11.5. The molecule has 2 rings (SSSR count). The van der Waals surface area contributed by atoms with Crippen LogP contribution in [0.1, 0.15) is 5.56 Å². The molecule has 1 aromatic heterocycles. The predicted molar refractivity (Wildman–Crippen MR) is 73.7 cm³/mol. The van der Waals surface area contributed by atoms with E-state index in [-0.39, 0.29) is 21.5 Å². The number of H-pyrrole nitrogens is 1. The number of halogens is 2. The van der Waals surface area contributed by atoms with Crippen molar-refractivity contribution in [2.45, 2.75) is 11.4 Å². The zero-order valence-corrected chi connectivity index (χ0v) is 11.9. The highest BCUT2D eigenvalue weighted by Gasteiger charge is 2.21. The van der Waals surface area contributed by atoms with Gasteiger partial charge in [0.15, 0.2) is 0 Å². The summed E-state index contributed by atoms with van der Waals surface area (Å²) in [6.07, 6.45) is 2.74. The van der Waals surface area contributed by atoms with E-state index in [4.69, 9.17) is 28.9 Å². The summed E-state index contributed by atoms with van der Waals surface area (Å²) >= 11 is 11.9. The molecule has 0 spiro atoms. The maximum atomic E-state index is 12.2. The van der Waals surface area contributed by atoms with Gasteiger partial charge in [-0.3, -0.25) is 9.82 Å². The minimum Gasteiger partial charge on any atom is -0.326 e. The van der Waals surface area contributed by atoms with Crippen molar-refractivity contribution in [1.82, 2.24) is 10.2 Å². The summed E-state index contributed by atoms with van der Waals surface area (Å²) in [7, 11) is -3.85. The summed E-state index contributed by atoms with van der Waals surface area (Å²) < 4.78 is 26.7. The van der Waals surface area contributed by atoms with Crippen LogP contribution in [0.2, 0.25) is 10.0 Å². The standard InChI is InChI=1S/C10H10Cl2N4O2S/c11-7-1-6(3-13)10(12)9(2-7)19(17,18)16-8-4-14-15-5-8/h1-2,4-5,16H,3,13H2,(H,14,15). The lowest BCUT2D eigenvalue weighted by molar-refractivity contribution is 0.601. The van der Waals surface area contributed by atoms with Crippen LogP contribution in [0.5, 0.6) is 0 Å². The number of anilines is 1. The fourth-order valence-electron chi connectivity index (χ4n) is 1.48. The average molecular weight is 321 g/mol. The average Bonchev–Trinajstić information content (AvgIpc) is 2.83. The molecule has 0 radical (unpaired) electrons. The first kappa shape index (κ1) is 14.1. The molecule has 0 saturated heterocycles. The van der Waals surface area contributed by atoms with Gasteiger partial charge in [0, 0.05) is 17.8 Å². The number of sulfonamides is 1. The van der Waals surface area contributed by atoms with Gasteiger partial charge in [-0.1, -0.05) is 23.2 Å². The van der Waals surface area contributed by atoms with Crippen molar-refractivity contribution in [3.63, 3.8) is 0 Å². The number of nitrogens with zero attached hydrogens (tertiary/aromatic N) is 1. The minimum absolute atomic E-state index is 0.0582. The lowest BCUT2D eigenvalue weighted by Crippen LogP contribution is -2.14. The van der Waals surface area contributed by atoms with Crippen molar-refractivity contribution in [1.29, 1.82) is 0 Å². The molecule has 102 valence electrons. The van der Waals surface area contributed by atoms with E-state index in [0.29, 0.717) is 11.3 Å². The molecule has 1 heterocycles. The van der Waals surface area contributed by atoms with Gasteiger partial charge >= 0.3 is 0 Å². The maximum absolute atomic E-state index is 12.2. The highest BCUT2D eigenvalue weighted by atomic mass is 35.5. The molecule has 0 aliphatic carbocycles. The van der Waals surface area contributed by atoms with Crippen LogP contribution in [0.15, 0.2) is 29.4 Å². The van der Waals surface area contributed by atoms with Gasteiger partial charge in [-0.15, -0.1) is 0 Å². The fourth-order valence-corrected chi connectivity index (χ4v) is 3.46. The Morgan fingerprint density at radius 1 is 1.37 bits per heavy atom. The molecule has 0 saturated carbocycles. The van der Waals surface area contributed by atoms with Gasteiger partial charge in [-0.25, -0.2) is 8.42 Å². The van der Waals surface area contributed by atoms with Crippen LogP contribution in [0.25, 0.3) is 0 Å². The van der Waals surface area contributed by atoms with Crippen LogP contribution in [-0.2, 0) is 16.6 Å². The van der Waals surface area contributed by atoms with Crippen molar-refractivity contribution in [2.75, 3.05) is 4.72 Å². The minimum atomic E-state index is -3.85. The van der Waals surface area contributed by atoms with E-state index in [2.05, 4.69) is 14.9 Å². The lowest BCUT2D eigenvalue weighted by atomic mass is 10.2. The molecule has 2 aromatic rings. The molecular formula is C10H10Cl2N4O2S. The molecule has 0 fully saturated rings. The van der Waals surface area contributed by atoms with E-state index >= 15 is 0 Å². The largest absolute Gasteiger partial charge is 0.326 e. The SMILES string of the molecule is NCc1cc(Cl)cc(S(=O)(=O)Nc2cn[nH]c2)c1Cl. The summed E-state index contributed by atoms with van der Waals surface area (Å²) in [5.41, 5.74) is 6.25. The third-order valence-electron chi connectivity index (χ3n) is 2.34. The second-order valence-corrected chi connectivity index (χ2v) is 6.14. The Balaban J connectivity index is 2.48. The number of hydrogen-bond acceptors (Lipinski definition) is 4. The summed E-state index contributed by atoms with van der Waals surface area (Å²) in [5.74, 6) is 0. The molecule has 0 atom stereocenters. The Kier molecular flexibility index (Phi) is 4.00. The van der Waals surface area contributed by atoms with Crippen LogP contribution in [0.4, 0.5) is 5.69 Å². The topological polar surface area (TPSA) is 101 Å². The Morgan fingerprint density at radius 2 is 2.11 bits per heavy atom. The molecule has 19 heavy (non-hydrogen) atoms. The zero-order chi connectivity index (χ0) is 14.0. The first-order valence-electron chi connectivity index (χ1n) is 5.13. The van der Waals surface area contributed by atoms with E-state index in [1.54, 1.807) is 0 Å². The van der Waals surface area contributed by atoms with E-state index < -0.39 is 10.0 Å². The molecule has 1 aromatic carbocycles. The molecule has 0 bridgehead atoms. The number of benzene rings is 1. The second-order valence-electron chi connectivity index (χ2n) is 3.67. The fraction of sp³-hybridized carbons (Fsp3) is 0.100. The highest BCUT2D eigenvalue weighted by molar-refractivity contribution is 7.92. The van der Waals surface area contributed by atoms with E-state index in [9.17, 15) is 8.42 Å². The van der Waals surface area contributed by atoms with Crippen LogP contribution in [0.3, 0.4) is 0 Å². The number of aromatic nitrogens is 2. The Hall–Kier alpha value is -1.28. The Labute approximate surface area is 120 Å². The van der Waals surface area contributed by atoms with Crippen LogP contribution >= 0.6 is 23.2 Å².